The maximum absolute atomic E-state index is 12.5. The van der Waals surface area contributed by atoms with Crippen molar-refractivity contribution in [2.24, 2.45) is 0 Å². The molecule has 3 aromatic rings. The lowest BCUT2D eigenvalue weighted by Crippen LogP contribution is -2.29. The van der Waals surface area contributed by atoms with Crippen LogP contribution in [0.1, 0.15) is 16.2 Å². The van der Waals surface area contributed by atoms with E-state index in [0.717, 1.165) is 15.3 Å². The van der Waals surface area contributed by atoms with Crippen LogP contribution in [0.3, 0.4) is 0 Å². The molecule has 3 aromatic heterocycles. The van der Waals surface area contributed by atoms with Crippen LogP contribution in [-0.4, -0.2) is 27.4 Å². The SMILES string of the molecule is Cc1sc2ncn(C[C@H](O)COCc3ccco3)c(=O)c2c1C. The summed E-state index contributed by atoms with van der Waals surface area (Å²) in [6.45, 7) is 4.45. The van der Waals surface area contributed by atoms with E-state index in [1.807, 2.05) is 13.8 Å². The smallest absolute Gasteiger partial charge is 0.262 e. The van der Waals surface area contributed by atoms with Gasteiger partial charge < -0.3 is 14.3 Å². The van der Waals surface area contributed by atoms with Crippen molar-refractivity contribution in [3.63, 3.8) is 0 Å². The molecule has 1 N–H and O–H groups in total. The van der Waals surface area contributed by atoms with Gasteiger partial charge in [-0.3, -0.25) is 9.36 Å². The fourth-order valence-electron chi connectivity index (χ4n) is 2.37. The quantitative estimate of drug-likeness (QED) is 0.748. The number of aromatic nitrogens is 2. The van der Waals surface area contributed by atoms with Crippen LogP contribution in [0, 0.1) is 13.8 Å². The number of ether oxygens (including phenoxy) is 1. The first-order chi connectivity index (χ1) is 11.1. The number of aliphatic hydroxyl groups is 1. The number of aryl methyl sites for hydroxylation is 2. The summed E-state index contributed by atoms with van der Waals surface area (Å²) >= 11 is 1.51. The Morgan fingerprint density at radius 2 is 2.30 bits per heavy atom. The molecular formula is C16H18N2O4S. The topological polar surface area (TPSA) is 77.5 Å². The van der Waals surface area contributed by atoms with E-state index in [2.05, 4.69) is 4.98 Å². The molecule has 7 heteroatoms. The minimum absolute atomic E-state index is 0.118. The maximum Gasteiger partial charge on any atom is 0.262 e. The van der Waals surface area contributed by atoms with Gasteiger partial charge in [0.1, 0.15) is 17.2 Å². The van der Waals surface area contributed by atoms with Crippen molar-refractivity contribution in [2.75, 3.05) is 6.61 Å². The normalized spacial score (nSPS) is 12.8. The molecule has 0 spiro atoms. The highest BCUT2D eigenvalue weighted by Crippen LogP contribution is 2.25. The van der Waals surface area contributed by atoms with Crippen LogP contribution in [0.4, 0.5) is 0 Å². The number of hydrogen-bond acceptors (Lipinski definition) is 6. The summed E-state index contributed by atoms with van der Waals surface area (Å²) in [6.07, 6.45) is 2.26. The summed E-state index contributed by atoms with van der Waals surface area (Å²) in [4.78, 5) is 18.7. The molecule has 0 saturated carbocycles. The molecule has 0 aliphatic heterocycles. The van der Waals surface area contributed by atoms with Crippen molar-refractivity contribution in [1.82, 2.24) is 9.55 Å². The second kappa shape index (κ2) is 6.66. The van der Waals surface area contributed by atoms with E-state index in [1.165, 1.54) is 22.2 Å². The lowest BCUT2D eigenvalue weighted by atomic mass is 10.2. The third-order valence-electron chi connectivity index (χ3n) is 3.70. The number of nitrogens with zero attached hydrogens (tertiary/aromatic N) is 2. The van der Waals surface area contributed by atoms with Gasteiger partial charge in [0.05, 0.1) is 37.2 Å². The second-order valence-corrected chi connectivity index (χ2v) is 6.62. The molecule has 0 bridgehead atoms. The average molecular weight is 334 g/mol. The molecule has 0 saturated heterocycles. The van der Waals surface area contributed by atoms with Crippen LogP contribution in [0.15, 0.2) is 33.9 Å². The Morgan fingerprint density at radius 1 is 1.48 bits per heavy atom. The van der Waals surface area contributed by atoms with E-state index in [-0.39, 0.29) is 18.7 Å². The Kier molecular flexibility index (Phi) is 4.61. The van der Waals surface area contributed by atoms with E-state index in [1.54, 1.807) is 18.4 Å². The molecule has 0 aromatic carbocycles. The minimum Gasteiger partial charge on any atom is -0.467 e. The highest BCUT2D eigenvalue weighted by molar-refractivity contribution is 7.18. The van der Waals surface area contributed by atoms with E-state index in [4.69, 9.17) is 9.15 Å². The molecule has 0 unspecified atom stereocenters. The van der Waals surface area contributed by atoms with Gasteiger partial charge in [0, 0.05) is 4.88 Å². The lowest BCUT2D eigenvalue weighted by molar-refractivity contribution is 0.0142. The first-order valence-corrected chi connectivity index (χ1v) is 8.11. The number of hydrogen-bond donors (Lipinski definition) is 1. The van der Waals surface area contributed by atoms with Gasteiger partial charge in [0.15, 0.2) is 0 Å². The summed E-state index contributed by atoms with van der Waals surface area (Å²) in [5.41, 5.74) is 0.836. The predicted octanol–water partition coefficient (Wildman–Crippen LogP) is 2.25. The monoisotopic (exact) mass is 334 g/mol. The number of rotatable bonds is 6. The van der Waals surface area contributed by atoms with Crippen molar-refractivity contribution in [3.8, 4) is 0 Å². The highest BCUT2D eigenvalue weighted by Gasteiger charge is 2.14. The predicted molar refractivity (Wildman–Crippen MR) is 87.7 cm³/mol. The van der Waals surface area contributed by atoms with Crippen LogP contribution in [-0.2, 0) is 17.9 Å². The molecule has 1 atom stereocenters. The van der Waals surface area contributed by atoms with Gasteiger partial charge in [-0.25, -0.2) is 4.98 Å². The zero-order valence-electron chi connectivity index (χ0n) is 13.0. The molecule has 0 amide bonds. The fourth-order valence-corrected chi connectivity index (χ4v) is 3.36. The lowest BCUT2D eigenvalue weighted by Gasteiger charge is -2.12. The zero-order valence-corrected chi connectivity index (χ0v) is 13.8. The van der Waals surface area contributed by atoms with Crippen LogP contribution >= 0.6 is 11.3 Å². The second-order valence-electron chi connectivity index (χ2n) is 5.41. The van der Waals surface area contributed by atoms with Gasteiger partial charge in [-0.05, 0) is 31.5 Å². The van der Waals surface area contributed by atoms with E-state index in [9.17, 15) is 9.90 Å². The van der Waals surface area contributed by atoms with Crippen LogP contribution < -0.4 is 5.56 Å². The first-order valence-electron chi connectivity index (χ1n) is 7.29. The van der Waals surface area contributed by atoms with Crippen LogP contribution in [0.2, 0.25) is 0 Å². The van der Waals surface area contributed by atoms with Crippen molar-refractivity contribution in [2.45, 2.75) is 33.1 Å². The fraction of sp³-hybridized carbons (Fsp3) is 0.375. The van der Waals surface area contributed by atoms with E-state index >= 15 is 0 Å². The van der Waals surface area contributed by atoms with Gasteiger partial charge >= 0.3 is 0 Å². The van der Waals surface area contributed by atoms with E-state index < -0.39 is 6.10 Å². The number of aliphatic hydroxyl groups excluding tert-OH is 1. The number of furan rings is 1. The average Bonchev–Trinajstić information content (AvgIpc) is 3.12. The summed E-state index contributed by atoms with van der Waals surface area (Å²) in [5.74, 6) is 0.696. The van der Waals surface area contributed by atoms with Gasteiger partial charge in [-0.15, -0.1) is 11.3 Å². The molecule has 0 fully saturated rings. The van der Waals surface area contributed by atoms with Crippen molar-refractivity contribution in [3.05, 3.63) is 51.3 Å². The van der Waals surface area contributed by atoms with Gasteiger partial charge in [-0.2, -0.15) is 0 Å². The molecule has 0 aliphatic carbocycles. The molecular weight excluding hydrogens is 316 g/mol. The molecule has 3 heterocycles. The Morgan fingerprint density at radius 3 is 3.04 bits per heavy atom. The largest absolute Gasteiger partial charge is 0.467 e. The molecule has 23 heavy (non-hydrogen) atoms. The molecule has 122 valence electrons. The standard InChI is InChI=1S/C16H18N2O4S/c1-10-11(2)23-15-14(10)16(20)18(9-17-15)6-12(19)7-21-8-13-4-3-5-22-13/h3-5,9,12,19H,6-8H2,1-2H3/t12-/m0/s1. The number of fused-ring (bicyclic) bond motifs is 1. The summed E-state index contributed by atoms with van der Waals surface area (Å²) in [6, 6.07) is 3.58. The first kappa shape index (κ1) is 15.9. The van der Waals surface area contributed by atoms with Gasteiger partial charge in [-0.1, -0.05) is 0 Å². The van der Waals surface area contributed by atoms with Crippen LogP contribution in [0.25, 0.3) is 10.2 Å². The Balaban J connectivity index is 1.67. The summed E-state index contributed by atoms with van der Waals surface area (Å²) < 4.78 is 12.0. The minimum atomic E-state index is -0.790. The maximum atomic E-state index is 12.5. The Hall–Kier alpha value is -1.96. The third-order valence-corrected chi connectivity index (χ3v) is 4.81. The summed E-state index contributed by atoms with van der Waals surface area (Å²) in [7, 11) is 0. The van der Waals surface area contributed by atoms with Crippen molar-refractivity contribution >= 4 is 21.6 Å². The summed E-state index contributed by atoms with van der Waals surface area (Å²) in [5, 5.41) is 10.7. The Bertz CT molecular complexity index is 851. The third kappa shape index (κ3) is 3.36. The molecule has 6 nitrogen and oxygen atoms in total. The van der Waals surface area contributed by atoms with E-state index in [0.29, 0.717) is 17.8 Å². The van der Waals surface area contributed by atoms with Crippen molar-refractivity contribution < 1.29 is 14.3 Å². The Labute approximate surface area is 137 Å². The van der Waals surface area contributed by atoms with Crippen LogP contribution in [0.5, 0.6) is 0 Å². The van der Waals surface area contributed by atoms with Gasteiger partial charge in [0.2, 0.25) is 0 Å². The highest BCUT2D eigenvalue weighted by atomic mass is 32.1. The molecule has 0 radical (unpaired) electrons. The zero-order chi connectivity index (χ0) is 16.4. The number of thiophene rings is 1. The molecule has 3 rings (SSSR count). The van der Waals surface area contributed by atoms with Gasteiger partial charge in [0.25, 0.3) is 5.56 Å². The molecule has 0 aliphatic rings. The van der Waals surface area contributed by atoms with Crippen molar-refractivity contribution in [1.29, 1.82) is 0 Å².